The van der Waals surface area contributed by atoms with E-state index < -0.39 is 6.10 Å². The van der Waals surface area contributed by atoms with E-state index in [1.165, 1.54) is 6.92 Å². The lowest BCUT2D eigenvalue weighted by molar-refractivity contribution is -0.126. The maximum Gasteiger partial charge on any atom is 0.140 e. The normalized spacial score (nSPS) is 12.5. The molecule has 0 aromatic carbocycles. The first-order valence-corrected chi connectivity index (χ1v) is 4.83. The highest BCUT2D eigenvalue weighted by atomic mass is 16.5. The summed E-state index contributed by atoms with van der Waals surface area (Å²) in [6.07, 6.45) is -0.0211. The van der Waals surface area contributed by atoms with Crippen LogP contribution in [-0.2, 0) is 14.3 Å². The topological polar surface area (TPSA) is 63.6 Å². The van der Waals surface area contributed by atoms with Crippen LogP contribution in [0.25, 0.3) is 0 Å². The van der Waals surface area contributed by atoms with Gasteiger partial charge in [0.1, 0.15) is 11.6 Å². The minimum absolute atomic E-state index is 0.0264. The van der Waals surface area contributed by atoms with Crippen LogP contribution in [-0.4, -0.2) is 36.0 Å². The van der Waals surface area contributed by atoms with Crippen LogP contribution >= 0.6 is 0 Å². The van der Waals surface area contributed by atoms with Crippen molar-refractivity contribution in [3.05, 3.63) is 0 Å². The minimum Gasteiger partial charge on any atom is -0.391 e. The zero-order valence-corrected chi connectivity index (χ0v) is 8.78. The Balaban J connectivity index is 3.50. The summed E-state index contributed by atoms with van der Waals surface area (Å²) in [6.45, 7) is 4.03. The molecule has 0 saturated carbocycles. The third-order valence-corrected chi connectivity index (χ3v) is 1.72. The lowest BCUT2D eigenvalue weighted by atomic mass is 10.1. The van der Waals surface area contributed by atoms with Crippen LogP contribution in [0, 0.1) is 0 Å². The molecule has 0 aliphatic rings. The van der Waals surface area contributed by atoms with Crippen LogP contribution in [0.15, 0.2) is 0 Å². The predicted octanol–water partition coefficient (Wildman–Crippen LogP) is 0.712. The molecule has 82 valence electrons. The Kier molecular flexibility index (Phi) is 7.24. The lowest BCUT2D eigenvalue weighted by Gasteiger charge is -2.08. The van der Waals surface area contributed by atoms with E-state index in [9.17, 15) is 14.7 Å². The molecule has 0 aromatic rings. The average molecular weight is 202 g/mol. The van der Waals surface area contributed by atoms with Crippen LogP contribution < -0.4 is 0 Å². The smallest absolute Gasteiger partial charge is 0.140 e. The summed E-state index contributed by atoms with van der Waals surface area (Å²) in [7, 11) is 0. The summed E-state index contributed by atoms with van der Waals surface area (Å²) in [5.74, 6) is -0.248. The van der Waals surface area contributed by atoms with Gasteiger partial charge in [-0.1, -0.05) is 0 Å². The first kappa shape index (κ1) is 13.3. The molecule has 1 atom stereocenters. The van der Waals surface area contributed by atoms with Gasteiger partial charge in [-0.05, 0) is 20.3 Å². The van der Waals surface area contributed by atoms with Crippen molar-refractivity contribution in [2.24, 2.45) is 0 Å². The molecule has 1 N–H and O–H groups in total. The van der Waals surface area contributed by atoms with Crippen molar-refractivity contribution in [2.75, 3.05) is 13.2 Å². The van der Waals surface area contributed by atoms with Crippen LogP contribution in [0.3, 0.4) is 0 Å². The number of carbonyl (C=O) groups excluding carboxylic acids is 2. The summed E-state index contributed by atoms with van der Waals surface area (Å²) in [4.78, 5) is 21.6. The summed E-state index contributed by atoms with van der Waals surface area (Å²) < 4.78 is 4.98. The molecule has 0 heterocycles. The molecule has 0 radical (unpaired) electrons. The molecule has 0 aliphatic heterocycles. The fourth-order valence-electron chi connectivity index (χ4n) is 1.03. The molecule has 0 bridgehead atoms. The summed E-state index contributed by atoms with van der Waals surface area (Å²) in [5, 5.41) is 9.30. The first-order chi connectivity index (χ1) is 6.56. The number of hydrogen-bond donors (Lipinski definition) is 1. The third-order valence-electron chi connectivity index (χ3n) is 1.72. The Hall–Kier alpha value is -0.740. The number of hydrogen-bond acceptors (Lipinski definition) is 4. The van der Waals surface area contributed by atoms with Crippen LogP contribution in [0.4, 0.5) is 0 Å². The standard InChI is InChI=1S/C10H18O4/c1-3-14-7-10(13)5-4-9(12)6-8(2)11/h10,13H,3-7H2,1-2H3. The van der Waals surface area contributed by atoms with Crippen LogP contribution in [0.5, 0.6) is 0 Å². The largest absolute Gasteiger partial charge is 0.391 e. The Bertz CT molecular complexity index is 189. The number of Topliss-reactive ketones (excluding diaryl/α,β-unsaturated/α-hetero) is 2. The fraction of sp³-hybridized carbons (Fsp3) is 0.800. The van der Waals surface area contributed by atoms with Gasteiger partial charge in [0.15, 0.2) is 0 Å². The molecular weight excluding hydrogens is 184 g/mol. The van der Waals surface area contributed by atoms with Crippen molar-refractivity contribution in [3.63, 3.8) is 0 Å². The Labute approximate surface area is 84.3 Å². The molecule has 0 amide bonds. The van der Waals surface area contributed by atoms with Gasteiger partial charge in [-0.25, -0.2) is 0 Å². The molecule has 0 aromatic heterocycles. The molecule has 0 aliphatic carbocycles. The van der Waals surface area contributed by atoms with E-state index in [-0.39, 0.29) is 31.0 Å². The zero-order chi connectivity index (χ0) is 11.0. The van der Waals surface area contributed by atoms with Crippen molar-refractivity contribution in [1.29, 1.82) is 0 Å². The van der Waals surface area contributed by atoms with E-state index in [0.717, 1.165) is 0 Å². The molecular formula is C10H18O4. The minimum atomic E-state index is -0.606. The van der Waals surface area contributed by atoms with Gasteiger partial charge in [-0.3, -0.25) is 9.59 Å². The highest BCUT2D eigenvalue weighted by Crippen LogP contribution is 2.01. The highest BCUT2D eigenvalue weighted by molar-refractivity contribution is 5.97. The second-order valence-electron chi connectivity index (χ2n) is 3.27. The quantitative estimate of drug-likeness (QED) is 0.589. The highest BCUT2D eigenvalue weighted by Gasteiger charge is 2.09. The Morgan fingerprint density at radius 3 is 2.57 bits per heavy atom. The van der Waals surface area contributed by atoms with E-state index in [0.29, 0.717) is 13.0 Å². The van der Waals surface area contributed by atoms with Gasteiger partial charge >= 0.3 is 0 Å². The van der Waals surface area contributed by atoms with Crippen molar-refractivity contribution >= 4 is 11.6 Å². The number of ether oxygens (including phenoxy) is 1. The second kappa shape index (κ2) is 7.64. The number of ketones is 2. The lowest BCUT2D eigenvalue weighted by Crippen LogP contribution is -2.17. The summed E-state index contributed by atoms with van der Waals surface area (Å²) in [5.41, 5.74) is 0. The van der Waals surface area contributed by atoms with Gasteiger partial charge in [0.25, 0.3) is 0 Å². The Morgan fingerprint density at radius 1 is 1.43 bits per heavy atom. The number of carbonyl (C=O) groups is 2. The van der Waals surface area contributed by atoms with E-state index in [1.54, 1.807) is 0 Å². The van der Waals surface area contributed by atoms with Gasteiger partial charge in [0, 0.05) is 13.0 Å². The number of aliphatic hydroxyl groups excluding tert-OH is 1. The van der Waals surface area contributed by atoms with Gasteiger partial charge in [0.2, 0.25) is 0 Å². The van der Waals surface area contributed by atoms with E-state index in [4.69, 9.17) is 4.74 Å². The molecule has 1 unspecified atom stereocenters. The van der Waals surface area contributed by atoms with E-state index in [1.807, 2.05) is 6.92 Å². The number of aliphatic hydroxyl groups is 1. The average Bonchev–Trinajstić information content (AvgIpc) is 2.10. The van der Waals surface area contributed by atoms with Crippen molar-refractivity contribution in [1.82, 2.24) is 0 Å². The monoisotopic (exact) mass is 202 g/mol. The third kappa shape index (κ3) is 7.89. The predicted molar refractivity (Wildman–Crippen MR) is 52.0 cm³/mol. The van der Waals surface area contributed by atoms with Crippen molar-refractivity contribution in [3.8, 4) is 0 Å². The molecule has 0 spiro atoms. The van der Waals surface area contributed by atoms with Gasteiger partial charge in [-0.15, -0.1) is 0 Å². The van der Waals surface area contributed by atoms with E-state index in [2.05, 4.69) is 0 Å². The molecule has 4 nitrogen and oxygen atoms in total. The second-order valence-corrected chi connectivity index (χ2v) is 3.27. The van der Waals surface area contributed by atoms with Crippen LogP contribution in [0.2, 0.25) is 0 Å². The molecule has 0 fully saturated rings. The summed E-state index contributed by atoms with van der Waals surface area (Å²) >= 11 is 0. The maximum atomic E-state index is 11.1. The molecule has 4 heteroatoms. The fourth-order valence-corrected chi connectivity index (χ4v) is 1.03. The Morgan fingerprint density at radius 2 is 2.07 bits per heavy atom. The van der Waals surface area contributed by atoms with Crippen molar-refractivity contribution < 1.29 is 19.4 Å². The van der Waals surface area contributed by atoms with Crippen molar-refractivity contribution in [2.45, 2.75) is 39.2 Å². The maximum absolute atomic E-state index is 11.1. The summed E-state index contributed by atoms with van der Waals surface area (Å²) in [6, 6.07) is 0. The SMILES string of the molecule is CCOCC(O)CCC(=O)CC(C)=O. The van der Waals surface area contributed by atoms with Gasteiger partial charge < -0.3 is 9.84 Å². The molecule has 0 rings (SSSR count). The van der Waals surface area contributed by atoms with Crippen LogP contribution in [0.1, 0.15) is 33.1 Å². The van der Waals surface area contributed by atoms with Gasteiger partial charge in [-0.2, -0.15) is 0 Å². The number of rotatable bonds is 8. The zero-order valence-electron chi connectivity index (χ0n) is 8.78. The van der Waals surface area contributed by atoms with E-state index >= 15 is 0 Å². The van der Waals surface area contributed by atoms with Gasteiger partial charge in [0.05, 0.1) is 19.1 Å². The molecule has 14 heavy (non-hydrogen) atoms. The first-order valence-electron chi connectivity index (χ1n) is 4.83. The molecule has 0 saturated heterocycles.